The molecule has 1 aliphatic rings. The summed E-state index contributed by atoms with van der Waals surface area (Å²) in [5, 5.41) is 7.52. The Morgan fingerprint density at radius 3 is 2.65 bits per heavy atom. The lowest BCUT2D eigenvalue weighted by molar-refractivity contribution is 0.0977. The number of aromatic amines is 1. The van der Waals surface area contributed by atoms with E-state index >= 15 is 0 Å². The molecule has 3 aromatic rings. The summed E-state index contributed by atoms with van der Waals surface area (Å²) in [7, 11) is 0. The summed E-state index contributed by atoms with van der Waals surface area (Å²) in [6.07, 6.45) is 0.823. The number of aromatic nitrogens is 2. The van der Waals surface area contributed by atoms with Crippen LogP contribution in [0.1, 0.15) is 23.0 Å². The lowest BCUT2D eigenvalue weighted by Gasteiger charge is -2.22. The highest BCUT2D eigenvalue weighted by Crippen LogP contribution is 2.33. The number of amides is 1. The maximum Gasteiger partial charge on any atom is 0.279 e. The topological polar surface area (TPSA) is 66.1 Å². The molecular weight excluding hydrogens is 290 g/mol. The van der Waals surface area contributed by atoms with Crippen LogP contribution < -0.4 is 10.5 Å². The molecule has 0 aliphatic carbocycles. The van der Waals surface area contributed by atoms with E-state index in [0.717, 1.165) is 17.7 Å². The Morgan fingerprint density at radius 1 is 1.13 bits per heavy atom. The number of carbonyl (C=O) groups excluding carboxylic acids is 1. The lowest BCUT2D eigenvalue weighted by Crippen LogP contribution is -2.37. The molecule has 4 rings (SSSR count). The SMILES string of the molecule is CC1Cc2ccccc2N1C(=O)c1n[nH]c(=O)c2ccccc12. The Hall–Kier alpha value is -2.95. The first-order valence-corrected chi connectivity index (χ1v) is 7.55. The number of nitrogens with one attached hydrogen (secondary N) is 1. The van der Waals surface area contributed by atoms with E-state index in [1.54, 1.807) is 23.1 Å². The third-order valence-electron chi connectivity index (χ3n) is 4.32. The predicted molar refractivity (Wildman–Crippen MR) is 88.8 cm³/mol. The molecule has 1 aliphatic heterocycles. The summed E-state index contributed by atoms with van der Waals surface area (Å²) < 4.78 is 0. The van der Waals surface area contributed by atoms with Crippen LogP contribution in [0.3, 0.4) is 0 Å². The van der Waals surface area contributed by atoms with Crippen LogP contribution >= 0.6 is 0 Å². The Bertz CT molecular complexity index is 977. The maximum absolute atomic E-state index is 13.1. The standard InChI is InChI=1S/C18H15N3O2/c1-11-10-12-6-2-5-9-15(12)21(11)18(23)16-13-7-3-4-8-14(13)17(22)20-19-16/h2-9,11H,10H2,1H3,(H,20,22). The highest BCUT2D eigenvalue weighted by molar-refractivity contribution is 6.13. The van der Waals surface area contributed by atoms with E-state index in [4.69, 9.17) is 0 Å². The van der Waals surface area contributed by atoms with Crippen molar-refractivity contribution in [3.63, 3.8) is 0 Å². The van der Waals surface area contributed by atoms with Gasteiger partial charge in [0.05, 0.1) is 5.39 Å². The van der Waals surface area contributed by atoms with Crippen LogP contribution in [0.4, 0.5) is 5.69 Å². The number of fused-ring (bicyclic) bond motifs is 2. The molecule has 0 saturated carbocycles. The lowest BCUT2D eigenvalue weighted by atomic mass is 10.1. The third-order valence-corrected chi connectivity index (χ3v) is 4.32. The fourth-order valence-corrected chi connectivity index (χ4v) is 3.27. The van der Waals surface area contributed by atoms with Gasteiger partial charge < -0.3 is 4.90 Å². The number of nitrogens with zero attached hydrogens (tertiary/aromatic N) is 2. The van der Waals surface area contributed by atoms with Gasteiger partial charge in [0.15, 0.2) is 5.69 Å². The van der Waals surface area contributed by atoms with Crippen molar-refractivity contribution in [1.82, 2.24) is 10.2 Å². The van der Waals surface area contributed by atoms with E-state index in [9.17, 15) is 9.59 Å². The van der Waals surface area contributed by atoms with Gasteiger partial charge >= 0.3 is 0 Å². The van der Waals surface area contributed by atoms with E-state index in [0.29, 0.717) is 10.8 Å². The van der Waals surface area contributed by atoms with E-state index < -0.39 is 0 Å². The Balaban J connectivity index is 1.88. The summed E-state index contributed by atoms with van der Waals surface area (Å²) in [5.41, 5.74) is 2.07. The summed E-state index contributed by atoms with van der Waals surface area (Å²) in [4.78, 5) is 26.7. The molecule has 23 heavy (non-hydrogen) atoms. The smallest absolute Gasteiger partial charge is 0.279 e. The van der Waals surface area contributed by atoms with E-state index in [1.807, 2.05) is 37.3 Å². The molecule has 114 valence electrons. The van der Waals surface area contributed by atoms with Crippen LogP contribution in [0.5, 0.6) is 0 Å². The number of H-pyrrole nitrogens is 1. The number of benzene rings is 2. The molecule has 0 saturated heterocycles. The Morgan fingerprint density at radius 2 is 1.83 bits per heavy atom. The molecule has 0 spiro atoms. The second kappa shape index (κ2) is 5.05. The number of carbonyl (C=O) groups is 1. The molecule has 5 heteroatoms. The average Bonchev–Trinajstić information content (AvgIpc) is 2.90. The zero-order chi connectivity index (χ0) is 16.0. The van der Waals surface area contributed by atoms with Crippen molar-refractivity contribution in [1.29, 1.82) is 0 Å². The monoisotopic (exact) mass is 305 g/mol. The van der Waals surface area contributed by atoms with Crippen molar-refractivity contribution in [2.24, 2.45) is 0 Å². The third kappa shape index (κ3) is 2.04. The highest BCUT2D eigenvalue weighted by atomic mass is 16.2. The number of hydrogen-bond acceptors (Lipinski definition) is 3. The van der Waals surface area contributed by atoms with Gasteiger partial charge in [-0.3, -0.25) is 9.59 Å². The van der Waals surface area contributed by atoms with Gasteiger partial charge in [0, 0.05) is 17.1 Å². The molecule has 1 amide bonds. The van der Waals surface area contributed by atoms with Crippen LogP contribution in [0.25, 0.3) is 10.8 Å². The summed E-state index contributed by atoms with van der Waals surface area (Å²) >= 11 is 0. The maximum atomic E-state index is 13.1. The Kier molecular flexibility index (Phi) is 3.01. The van der Waals surface area contributed by atoms with Crippen LogP contribution in [-0.4, -0.2) is 22.1 Å². The van der Waals surface area contributed by atoms with Gasteiger partial charge in [-0.1, -0.05) is 36.4 Å². The van der Waals surface area contributed by atoms with Gasteiger partial charge in [-0.2, -0.15) is 5.10 Å². The summed E-state index contributed by atoms with van der Waals surface area (Å²) in [5.74, 6) is -0.185. The number of para-hydroxylation sites is 1. The fraction of sp³-hybridized carbons (Fsp3) is 0.167. The Labute approximate surface area is 132 Å². The molecule has 1 N–H and O–H groups in total. The average molecular weight is 305 g/mol. The minimum absolute atomic E-state index is 0.0624. The fourth-order valence-electron chi connectivity index (χ4n) is 3.27. The summed E-state index contributed by atoms with van der Waals surface area (Å²) in [6.45, 7) is 2.02. The van der Waals surface area contributed by atoms with Crippen LogP contribution in [0.15, 0.2) is 53.3 Å². The molecule has 2 aromatic carbocycles. The molecule has 5 nitrogen and oxygen atoms in total. The minimum Gasteiger partial charge on any atom is -0.304 e. The predicted octanol–water partition coefficient (Wildman–Crippen LogP) is 2.51. The number of hydrogen-bond donors (Lipinski definition) is 1. The first-order chi connectivity index (χ1) is 11.2. The molecular formula is C18H15N3O2. The largest absolute Gasteiger partial charge is 0.304 e. The minimum atomic E-state index is -0.285. The van der Waals surface area contributed by atoms with Crippen molar-refractivity contribution < 1.29 is 4.79 Å². The molecule has 1 aromatic heterocycles. The first-order valence-electron chi connectivity index (χ1n) is 7.55. The zero-order valence-electron chi connectivity index (χ0n) is 12.6. The molecule has 1 atom stereocenters. The molecule has 1 unspecified atom stereocenters. The summed E-state index contributed by atoms with van der Waals surface area (Å²) in [6, 6.07) is 15.0. The van der Waals surface area contributed by atoms with Crippen LogP contribution in [0.2, 0.25) is 0 Å². The number of rotatable bonds is 1. The van der Waals surface area contributed by atoms with Gasteiger partial charge in [-0.05, 0) is 31.0 Å². The van der Waals surface area contributed by atoms with E-state index in [2.05, 4.69) is 10.2 Å². The van der Waals surface area contributed by atoms with Gasteiger partial charge in [0.1, 0.15) is 0 Å². The van der Waals surface area contributed by atoms with Crippen LogP contribution in [-0.2, 0) is 6.42 Å². The van der Waals surface area contributed by atoms with Crippen molar-refractivity contribution in [2.45, 2.75) is 19.4 Å². The highest BCUT2D eigenvalue weighted by Gasteiger charge is 2.32. The number of anilines is 1. The van der Waals surface area contributed by atoms with Crippen molar-refractivity contribution in [2.75, 3.05) is 4.90 Å². The quantitative estimate of drug-likeness (QED) is 0.751. The van der Waals surface area contributed by atoms with E-state index in [-0.39, 0.29) is 23.2 Å². The van der Waals surface area contributed by atoms with Gasteiger partial charge in [0.25, 0.3) is 11.5 Å². The molecule has 2 heterocycles. The first kappa shape index (κ1) is 13.7. The van der Waals surface area contributed by atoms with Crippen molar-refractivity contribution in [3.05, 3.63) is 70.1 Å². The molecule has 0 fully saturated rings. The van der Waals surface area contributed by atoms with Gasteiger partial charge in [0.2, 0.25) is 0 Å². The zero-order valence-corrected chi connectivity index (χ0v) is 12.6. The van der Waals surface area contributed by atoms with Crippen molar-refractivity contribution in [3.8, 4) is 0 Å². The second-order valence-electron chi connectivity index (χ2n) is 5.80. The van der Waals surface area contributed by atoms with E-state index in [1.165, 1.54) is 0 Å². The normalized spacial score (nSPS) is 16.6. The van der Waals surface area contributed by atoms with Gasteiger partial charge in [-0.15, -0.1) is 0 Å². The van der Waals surface area contributed by atoms with Gasteiger partial charge in [-0.25, -0.2) is 5.10 Å². The molecule has 0 bridgehead atoms. The molecule has 0 radical (unpaired) electrons. The van der Waals surface area contributed by atoms with Crippen molar-refractivity contribution >= 4 is 22.4 Å². The second-order valence-corrected chi connectivity index (χ2v) is 5.80. The van der Waals surface area contributed by atoms with Crippen LogP contribution in [0, 0.1) is 0 Å².